The fourth-order valence-electron chi connectivity index (χ4n) is 2.31. The van der Waals surface area contributed by atoms with Gasteiger partial charge in [-0.2, -0.15) is 0 Å². The van der Waals surface area contributed by atoms with E-state index in [2.05, 4.69) is 12.2 Å². The minimum absolute atomic E-state index is 0.189. The van der Waals surface area contributed by atoms with Crippen molar-refractivity contribution < 1.29 is 14.3 Å². The van der Waals surface area contributed by atoms with Gasteiger partial charge < -0.3 is 14.8 Å². The first-order chi connectivity index (χ1) is 10.3. The van der Waals surface area contributed by atoms with Crippen molar-refractivity contribution in [3.8, 4) is 11.5 Å². The van der Waals surface area contributed by atoms with Gasteiger partial charge in [-0.3, -0.25) is 4.79 Å². The molecule has 0 radical (unpaired) electrons. The minimum Gasteiger partial charge on any atom is -0.485 e. The molecular weight excluding hydrogens is 266 g/mol. The van der Waals surface area contributed by atoms with Crippen LogP contribution in [0.2, 0.25) is 0 Å². The van der Waals surface area contributed by atoms with Crippen molar-refractivity contribution in [1.82, 2.24) is 0 Å². The predicted octanol–water partition coefficient (Wildman–Crippen LogP) is 3.03. The standard InChI is InChI=1S/C17H17NO3/c1-2-12-7-3-4-8-13(12)18-17(19)16-11-20-14-9-5-6-10-15(14)21-16/h3-10,16H,2,11H2,1H3,(H,18,19)/t16-/m1/s1. The van der Waals surface area contributed by atoms with Crippen LogP contribution in [0.1, 0.15) is 12.5 Å². The van der Waals surface area contributed by atoms with Gasteiger partial charge >= 0.3 is 0 Å². The number of benzene rings is 2. The molecule has 108 valence electrons. The van der Waals surface area contributed by atoms with Crippen molar-refractivity contribution >= 4 is 11.6 Å². The van der Waals surface area contributed by atoms with E-state index >= 15 is 0 Å². The lowest BCUT2D eigenvalue weighted by Gasteiger charge is -2.25. The van der Waals surface area contributed by atoms with Crippen LogP contribution in [0.15, 0.2) is 48.5 Å². The molecule has 1 amide bonds. The van der Waals surface area contributed by atoms with Crippen LogP contribution in [0.5, 0.6) is 11.5 Å². The van der Waals surface area contributed by atoms with E-state index in [9.17, 15) is 4.79 Å². The highest BCUT2D eigenvalue weighted by molar-refractivity contribution is 5.95. The molecule has 1 atom stereocenters. The molecule has 2 aromatic rings. The molecule has 0 unspecified atom stereocenters. The highest BCUT2D eigenvalue weighted by Crippen LogP contribution is 2.31. The lowest BCUT2D eigenvalue weighted by Crippen LogP contribution is -2.40. The van der Waals surface area contributed by atoms with Crippen LogP contribution >= 0.6 is 0 Å². The Hall–Kier alpha value is -2.49. The molecule has 0 saturated heterocycles. The summed E-state index contributed by atoms with van der Waals surface area (Å²) in [5, 5.41) is 2.92. The molecule has 0 aliphatic carbocycles. The highest BCUT2D eigenvalue weighted by Gasteiger charge is 2.27. The molecule has 3 rings (SSSR count). The van der Waals surface area contributed by atoms with E-state index in [1.807, 2.05) is 42.5 Å². The molecule has 4 heteroatoms. The molecule has 0 saturated carbocycles. The maximum absolute atomic E-state index is 12.3. The monoisotopic (exact) mass is 283 g/mol. The molecule has 0 aromatic heterocycles. The summed E-state index contributed by atoms with van der Waals surface area (Å²) in [6, 6.07) is 15.1. The Labute approximate surface area is 123 Å². The Balaban J connectivity index is 1.72. The van der Waals surface area contributed by atoms with E-state index in [0.29, 0.717) is 11.5 Å². The summed E-state index contributed by atoms with van der Waals surface area (Å²) in [6.45, 7) is 2.28. The first-order valence-corrected chi connectivity index (χ1v) is 7.05. The lowest BCUT2D eigenvalue weighted by molar-refractivity contribution is -0.125. The molecule has 0 spiro atoms. The zero-order chi connectivity index (χ0) is 14.7. The molecule has 4 nitrogen and oxygen atoms in total. The van der Waals surface area contributed by atoms with Gasteiger partial charge in [0.25, 0.3) is 5.91 Å². The Morgan fingerprint density at radius 1 is 1.14 bits per heavy atom. The van der Waals surface area contributed by atoms with E-state index in [4.69, 9.17) is 9.47 Å². The van der Waals surface area contributed by atoms with Gasteiger partial charge in [-0.25, -0.2) is 0 Å². The Kier molecular flexibility index (Phi) is 3.77. The second-order valence-corrected chi connectivity index (χ2v) is 4.86. The number of aryl methyl sites for hydroxylation is 1. The summed E-state index contributed by atoms with van der Waals surface area (Å²) in [5.74, 6) is 1.09. The number of carbonyl (C=O) groups is 1. The van der Waals surface area contributed by atoms with Gasteiger partial charge in [0.15, 0.2) is 11.5 Å². The maximum Gasteiger partial charge on any atom is 0.269 e. The first-order valence-electron chi connectivity index (χ1n) is 7.05. The molecule has 21 heavy (non-hydrogen) atoms. The smallest absolute Gasteiger partial charge is 0.269 e. The van der Waals surface area contributed by atoms with Crippen LogP contribution < -0.4 is 14.8 Å². The minimum atomic E-state index is -0.634. The Morgan fingerprint density at radius 3 is 2.67 bits per heavy atom. The van der Waals surface area contributed by atoms with Crippen molar-refractivity contribution in [2.24, 2.45) is 0 Å². The van der Waals surface area contributed by atoms with Gasteiger partial charge in [0.2, 0.25) is 6.10 Å². The van der Waals surface area contributed by atoms with Crippen molar-refractivity contribution in [3.63, 3.8) is 0 Å². The topological polar surface area (TPSA) is 47.6 Å². The fraction of sp³-hybridized carbons (Fsp3) is 0.235. The van der Waals surface area contributed by atoms with Crippen molar-refractivity contribution in [3.05, 3.63) is 54.1 Å². The molecule has 0 fully saturated rings. The molecule has 2 aromatic carbocycles. The van der Waals surface area contributed by atoms with E-state index in [1.165, 1.54) is 0 Å². The number of hydrogen-bond acceptors (Lipinski definition) is 3. The fourth-order valence-corrected chi connectivity index (χ4v) is 2.31. The van der Waals surface area contributed by atoms with Gasteiger partial charge in [0.05, 0.1) is 0 Å². The molecule has 1 aliphatic heterocycles. The van der Waals surface area contributed by atoms with E-state index < -0.39 is 6.10 Å². The number of nitrogens with one attached hydrogen (secondary N) is 1. The van der Waals surface area contributed by atoms with Crippen LogP contribution in [0.3, 0.4) is 0 Å². The average molecular weight is 283 g/mol. The highest BCUT2D eigenvalue weighted by atomic mass is 16.6. The van der Waals surface area contributed by atoms with Crippen molar-refractivity contribution in [2.75, 3.05) is 11.9 Å². The number of carbonyl (C=O) groups excluding carboxylic acids is 1. The molecule has 1 N–H and O–H groups in total. The predicted molar refractivity (Wildman–Crippen MR) is 80.8 cm³/mol. The van der Waals surface area contributed by atoms with E-state index in [0.717, 1.165) is 17.7 Å². The summed E-state index contributed by atoms with van der Waals surface area (Å²) < 4.78 is 11.3. The quantitative estimate of drug-likeness (QED) is 0.942. The lowest BCUT2D eigenvalue weighted by atomic mass is 10.1. The number of ether oxygens (including phenoxy) is 2. The second-order valence-electron chi connectivity index (χ2n) is 4.86. The van der Waals surface area contributed by atoms with Gasteiger partial charge in [-0.05, 0) is 30.2 Å². The number of hydrogen-bond donors (Lipinski definition) is 1. The summed E-state index contributed by atoms with van der Waals surface area (Å²) >= 11 is 0. The van der Waals surface area contributed by atoms with Crippen LogP contribution in [0.4, 0.5) is 5.69 Å². The summed E-state index contributed by atoms with van der Waals surface area (Å²) in [7, 11) is 0. The first kappa shape index (κ1) is 13.5. The number of amides is 1. The third-order valence-electron chi connectivity index (χ3n) is 3.46. The van der Waals surface area contributed by atoms with Gasteiger partial charge in [-0.15, -0.1) is 0 Å². The van der Waals surface area contributed by atoms with Crippen LogP contribution in [-0.4, -0.2) is 18.6 Å². The van der Waals surface area contributed by atoms with Gasteiger partial charge in [0, 0.05) is 5.69 Å². The third-order valence-corrected chi connectivity index (χ3v) is 3.46. The average Bonchev–Trinajstić information content (AvgIpc) is 2.55. The van der Waals surface area contributed by atoms with E-state index in [1.54, 1.807) is 6.07 Å². The zero-order valence-electron chi connectivity index (χ0n) is 11.8. The normalized spacial score (nSPS) is 16.3. The van der Waals surface area contributed by atoms with Crippen LogP contribution in [-0.2, 0) is 11.2 Å². The molecule has 0 bridgehead atoms. The summed E-state index contributed by atoms with van der Waals surface area (Å²) in [4.78, 5) is 12.3. The van der Waals surface area contributed by atoms with Crippen LogP contribution in [0.25, 0.3) is 0 Å². The third kappa shape index (κ3) is 2.84. The molecule has 1 aliphatic rings. The summed E-state index contributed by atoms with van der Waals surface area (Å²) in [5.41, 5.74) is 1.93. The molecule has 1 heterocycles. The maximum atomic E-state index is 12.3. The van der Waals surface area contributed by atoms with Crippen LogP contribution in [0, 0.1) is 0 Å². The summed E-state index contributed by atoms with van der Waals surface area (Å²) in [6.07, 6.45) is 0.228. The zero-order valence-corrected chi connectivity index (χ0v) is 11.8. The van der Waals surface area contributed by atoms with Crippen molar-refractivity contribution in [1.29, 1.82) is 0 Å². The number of fused-ring (bicyclic) bond motifs is 1. The SMILES string of the molecule is CCc1ccccc1NC(=O)[C@H]1COc2ccccc2O1. The Morgan fingerprint density at radius 2 is 1.86 bits per heavy atom. The number of para-hydroxylation sites is 3. The van der Waals surface area contributed by atoms with Gasteiger partial charge in [0.1, 0.15) is 6.61 Å². The number of anilines is 1. The van der Waals surface area contributed by atoms with Gasteiger partial charge in [-0.1, -0.05) is 37.3 Å². The second kappa shape index (κ2) is 5.87. The van der Waals surface area contributed by atoms with Crippen molar-refractivity contribution in [2.45, 2.75) is 19.4 Å². The number of rotatable bonds is 3. The Bertz CT molecular complexity index is 654. The van der Waals surface area contributed by atoms with E-state index in [-0.39, 0.29) is 12.5 Å². The largest absolute Gasteiger partial charge is 0.485 e. The molecular formula is C17H17NO3.